The van der Waals surface area contributed by atoms with Gasteiger partial charge in [0.1, 0.15) is 22.9 Å². The number of hydrogen-bond donors (Lipinski definition) is 4. The van der Waals surface area contributed by atoms with Crippen LogP contribution in [0, 0.1) is 34.8 Å². The van der Waals surface area contributed by atoms with Crippen molar-refractivity contribution >= 4 is 57.6 Å². The summed E-state index contributed by atoms with van der Waals surface area (Å²) in [5.74, 6) is -1.40. The Bertz CT molecular complexity index is 2230. The van der Waals surface area contributed by atoms with Crippen molar-refractivity contribution in [3.05, 3.63) is 88.4 Å². The van der Waals surface area contributed by atoms with Crippen LogP contribution in [0.2, 0.25) is 0 Å². The molecule has 1 aliphatic carbocycles. The molecule has 5 rings (SSSR count). The normalized spacial score (nSPS) is 16.1. The van der Waals surface area contributed by atoms with E-state index in [1.165, 1.54) is 20.8 Å². The second-order valence-corrected chi connectivity index (χ2v) is 15.1. The molecule has 0 spiro atoms. The first-order valence-corrected chi connectivity index (χ1v) is 18.3. The minimum absolute atomic E-state index is 0.0628. The molecule has 0 bridgehead atoms. The van der Waals surface area contributed by atoms with Crippen LogP contribution in [-0.2, 0) is 24.2 Å². The number of aliphatic hydroxyl groups is 1. The molecule has 55 heavy (non-hydrogen) atoms. The lowest BCUT2D eigenvalue weighted by Crippen LogP contribution is -2.40. The number of aryl methyl sites for hydroxylation is 1. The fourth-order valence-corrected chi connectivity index (χ4v) is 6.91. The fraction of sp³-hybridized carbons (Fsp3) is 0.359. The minimum atomic E-state index is -3.74. The number of allylic oxidation sites excluding steroid dienone is 2. The average molecular weight is 878 g/mol. The van der Waals surface area contributed by atoms with Crippen molar-refractivity contribution < 1.29 is 36.2 Å². The third-order valence-corrected chi connectivity index (χ3v) is 9.37. The van der Waals surface area contributed by atoms with Gasteiger partial charge in [0.15, 0.2) is 5.82 Å². The number of benzene rings is 2. The molecule has 0 fully saturated rings. The molecule has 9 nitrogen and oxygen atoms in total. The Balaban J connectivity index is 1.64. The van der Waals surface area contributed by atoms with Gasteiger partial charge in [-0.05, 0) is 69.7 Å². The SMILES string of the molecule is C=Nc1nn(CC)c2c(-c3ccc(CC#CC(C)(C)O)nc3[C@H](Cc3cc(F)cc(F)c3)NC(=O)CNC3=C(C(=N)C(F)(F)I)[C@@H](C)CC3(F)F)cccc12. The van der Waals surface area contributed by atoms with Crippen molar-refractivity contribution in [1.82, 2.24) is 25.4 Å². The zero-order valence-corrected chi connectivity index (χ0v) is 32.5. The average Bonchev–Trinajstić information content (AvgIpc) is 3.57. The number of fused-ring (bicyclic) bond motifs is 1. The van der Waals surface area contributed by atoms with Gasteiger partial charge in [0.2, 0.25) is 5.91 Å². The van der Waals surface area contributed by atoms with Crippen molar-refractivity contribution in [3.63, 3.8) is 0 Å². The molecule has 2 heterocycles. The Morgan fingerprint density at radius 2 is 1.87 bits per heavy atom. The highest BCUT2D eigenvalue weighted by Gasteiger charge is 2.50. The van der Waals surface area contributed by atoms with E-state index in [0.717, 1.165) is 12.1 Å². The van der Waals surface area contributed by atoms with Gasteiger partial charge < -0.3 is 15.7 Å². The number of pyridine rings is 1. The van der Waals surface area contributed by atoms with E-state index in [2.05, 4.69) is 39.3 Å². The molecule has 2 aromatic heterocycles. The van der Waals surface area contributed by atoms with Crippen molar-refractivity contribution in [2.45, 2.75) is 75.0 Å². The largest absolute Gasteiger partial charge is 0.378 e. The lowest BCUT2D eigenvalue weighted by molar-refractivity contribution is -0.121. The molecule has 0 aliphatic heterocycles. The number of aromatic nitrogens is 3. The van der Waals surface area contributed by atoms with Gasteiger partial charge in [-0.15, -0.1) is 0 Å². The van der Waals surface area contributed by atoms with Gasteiger partial charge in [-0.2, -0.15) is 22.7 Å². The Labute approximate surface area is 327 Å². The van der Waals surface area contributed by atoms with Crippen molar-refractivity contribution in [3.8, 4) is 23.0 Å². The minimum Gasteiger partial charge on any atom is -0.378 e. The maximum Gasteiger partial charge on any atom is 0.337 e. The number of amides is 1. The predicted molar refractivity (Wildman–Crippen MR) is 207 cm³/mol. The van der Waals surface area contributed by atoms with Crippen LogP contribution in [0.3, 0.4) is 0 Å². The number of halogens is 7. The predicted octanol–water partition coefficient (Wildman–Crippen LogP) is 8.01. The van der Waals surface area contributed by atoms with Crippen LogP contribution < -0.4 is 10.6 Å². The smallest absolute Gasteiger partial charge is 0.337 e. The van der Waals surface area contributed by atoms with Crippen molar-refractivity contribution in [2.75, 3.05) is 6.54 Å². The maximum atomic E-state index is 15.2. The number of para-hydroxylation sites is 1. The standard InChI is InChI=1S/C39H38F6IN7O2/c1-6-53-33-27(10-7-11-28(33)36(48-5)52-53)26-13-12-25(9-8-14-37(3,4)55)50-32(26)29(17-22-15-23(40)18-24(41)16-22)51-30(54)20-49-35-31(34(47)39(44,45)46)21(2)19-38(35,42)43/h7,10-13,15-16,18,21,29,47,49,55H,5-6,9,17,19-20H2,1-4H3,(H,51,54)/t21-,29-/m0/s1. The molecule has 2 atom stereocenters. The molecule has 4 aromatic rings. The van der Waals surface area contributed by atoms with Gasteiger partial charge in [0, 0.05) is 63.7 Å². The third kappa shape index (κ3) is 9.55. The number of rotatable bonds is 13. The summed E-state index contributed by atoms with van der Waals surface area (Å²) in [4.78, 5) is 22.7. The van der Waals surface area contributed by atoms with Gasteiger partial charge >= 0.3 is 3.93 Å². The van der Waals surface area contributed by atoms with E-state index >= 15 is 8.78 Å². The monoisotopic (exact) mass is 877 g/mol. The zero-order chi connectivity index (χ0) is 40.5. The third-order valence-electron chi connectivity index (χ3n) is 8.83. The second kappa shape index (κ2) is 16.1. The number of alkyl halides is 5. The van der Waals surface area contributed by atoms with Gasteiger partial charge in [-0.25, -0.2) is 13.8 Å². The molecule has 16 heteroatoms. The number of aliphatic imine (C=N–C) groups is 1. The van der Waals surface area contributed by atoms with Crippen LogP contribution in [0.15, 0.2) is 64.8 Å². The van der Waals surface area contributed by atoms with Crippen molar-refractivity contribution in [2.24, 2.45) is 10.9 Å². The Morgan fingerprint density at radius 3 is 2.49 bits per heavy atom. The van der Waals surface area contributed by atoms with Gasteiger partial charge in [0.25, 0.3) is 5.92 Å². The lowest BCUT2D eigenvalue weighted by Gasteiger charge is -2.24. The van der Waals surface area contributed by atoms with Gasteiger partial charge in [-0.1, -0.05) is 37.0 Å². The number of nitrogens with one attached hydrogen (secondary N) is 3. The molecule has 0 unspecified atom stereocenters. The summed E-state index contributed by atoms with van der Waals surface area (Å²) in [7, 11) is 0. The number of hydrogen-bond acceptors (Lipinski definition) is 7. The highest BCUT2D eigenvalue weighted by molar-refractivity contribution is 14.1. The van der Waals surface area contributed by atoms with Gasteiger partial charge in [0.05, 0.1) is 41.6 Å². The first-order valence-electron chi connectivity index (χ1n) is 17.2. The molecule has 4 N–H and O–H groups in total. The molecule has 1 amide bonds. The summed E-state index contributed by atoms with van der Waals surface area (Å²) in [6.45, 7) is 9.45. The molecule has 0 saturated carbocycles. The van der Waals surface area contributed by atoms with E-state index in [9.17, 15) is 27.5 Å². The number of carbonyl (C=O) groups is 1. The maximum absolute atomic E-state index is 15.2. The summed E-state index contributed by atoms with van der Waals surface area (Å²) >= 11 is 0.700. The van der Waals surface area contributed by atoms with Crippen LogP contribution >= 0.6 is 22.6 Å². The van der Waals surface area contributed by atoms with Gasteiger partial charge in [-0.3, -0.25) is 19.9 Å². The van der Waals surface area contributed by atoms with E-state index in [1.807, 2.05) is 13.0 Å². The number of nitrogens with zero attached hydrogens (tertiary/aromatic N) is 4. The zero-order valence-electron chi connectivity index (χ0n) is 30.3. The summed E-state index contributed by atoms with van der Waals surface area (Å²) in [6.07, 6.45) is -1.00. The highest BCUT2D eigenvalue weighted by atomic mass is 127. The Kier molecular flexibility index (Phi) is 12.2. The van der Waals surface area contributed by atoms with Crippen LogP contribution in [-0.4, -0.2) is 60.2 Å². The van der Waals surface area contributed by atoms with E-state index in [4.69, 9.17) is 10.4 Å². The molecule has 0 radical (unpaired) electrons. The molecular formula is C39H38F6IN7O2. The first-order chi connectivity index (χ1) is 25.7. The summed E-state index contributed by atoms with van der Waals surface area (Å²) in [5, 5.41) is 28.4. The quantitative estimate of drug-likeness (QED) is 0.0356. The highest BCUT2D eigenvalue weighted by Crippen LogP contribution is 2.45. The fourth-order valence-electron chi connectivity index (χ4n) is 6.62. The summed E-state index contributed by atoms with van der Waals surface area (Å²) in [5.41, 5.74) is -1.62. The molecule has 290 valence electrons. The van der Waals surface area contributed by atoms with E-state index in [-0.39, 0.29) is 24.1 Å². The summed E-state index contributed by atoms with van der Waals surface area (Å²) < 4.78 is 85.7. The second-order valence-electron chi connectivity index (χ2n) is 13.7. The molecule has 1 aliphatic rings. The Morgan fingerprint density at radius 1 is 1.18 bits per heavy atom. The summed E-state index contributed by atoms with van der Waals surface area (Å²) in [6, 6.07) is 10.5. The van der Waals surface area contributed by atoms with E-state index < -0.39 is 74.9 Å². The van der Waals surface area contributed by atoms with Crippen LogP contribution in [0.5, 0.6) is 0 Å². The van der Waals surface area contributed by atoms with E-state index in [1.54, 1.807) is 28.9 Å². The Hall–Kier alpha value is -4.76. The molecule has 2 aromatic carbocycles. The van der Waals surface area contributed by atoms with Crippen molar-refractivity contribution in [1.29, 1.82) is 5.41 Å². The first kappa shape index (κ1) is 41.4. The molecule has 0 saturated heterocycles. The number of carbonyl (C=O) groups excluding carboxylic acids is 1. The topological polar surface area (TPSA) is 128 Å². The molecular weight excluding hydrogens is 839 g/mol. The lowest BCUT2D eigenvalue weighted by atomic mass is 9.93. The van der Waals surface area contributed by atoms with Crippen LogP contribution in [0.1, 0.15) is 57.1 Å². The van der Waals surface area contributed by atoms with E-state index in [0.29, 0.717) is 68.7 Å². The van der Waals surface area contributed by atoms with Crippen LogP contribution in [0.4, 0.5) is 32.2 Å². The van der Waals surface area contributed by atoms with Crippen LogP contribution in [0.25, 0.3) is 22.0 Å².